The molecule has 1 heterocycles. The second-order valence-electron chi connectivity index (χ2n) is 3.77. The van der Waals surface area contributed by atoms with Crippen molar-refractivity contribution in [3.8, 4) is 11.5 Å². The first-order valence-corrected chi connectivity index (χ1v) is 5.56. The van der Waals surface area contributed by atoms with Gasteiger partial charge in [0.05, 0.1) is 14.2 Å². The van der Waals surface area contributed by atoms with Gasteiger partial charge in [-0.15, -0.1) is 0 Å². The van der Waals surface area contributed by atoms with Crippen LogP contribution in [0.3, 0.4) is 0 Å². The quantitative estimate of drug-likeness (QED) is 0.790. The number of amides is 2. The van der Waals surface area contributed by atoms with Crippen LogP contribution in [0.25, 0.3) is 0 Å². The molecule has 7 heteroatoms. The lowest BCUT2D eigenvalue weighted by atomic mass is 10.1. The lowest BCUT2D eigenvalue weighted by Gasteiger charge is -2.13. The maximum absolute atomic E-state index is 11.9. The first-order valence-electron chi connectivity index (χ1n) is 5.56. The third kappa shape index (κ3) is 2.14. The number of carbonyl (C=O) groups excluding carboxylic acids is 2. The molecule has 1 aromatic carbocycles. The summed E-state index contributed by atoms with van der Waals surface area (Å²) in [6.07, 6.45) is -0.831. The largest absolute Gasteiger partial charge is 0.493 e. The molecule has 0 aliphatic carbocycles. The highest BCUT2D eigenvalue weighted by molar-refractivity contribution is 5.98. The minimum Gasteiger partial charge on any atom is -0.493 e. The van der Waals surface area contributed by atoms with Crippen molar-refractivity contribution in [1.29, 1.82) is 0 Å². The summed E-state index contributed by atoms with van der Waals surface area (Å²) in [4.78, 5) is 23.2. The number of ether oxygens (including phenoxy) is 3. The number of benzene rings is 1. The van der Waals surface area contributed by atoms with E-state index < -0.39 is 18.2 Å². The maximum Gasteiger partial charge on any atom is 0.344 e. The first kappa shape index (κ1) is 13.0. The van der Waals surface area contributed by atoms with Gasteiger partial charge in [0, 0.05) is 12.6 Å². The summed E-state index contributed by atoms with van der Waals surface area (Å²) in [7, 11) is 4.39. The number of hydrogen-bond donors (Lipinski definition) is 2. The number of fused-ring (bicyclic) bond motifs is 1. The van der Waals surface area contributed by atoms with Crippen LogP contribution in [-0.2, 0) is 4.74 Å². The van der Waals surface area contributed by atoms with Gasteiger partial charge < -0.3 is 19.5 Å². The molecule has 2 amide bonds. The summed E-state index contributed by atoms with van der Waals surface area (Å²) in [5.41, 5.74) is 0.800. The Balaban J connectivity index is 2.43. The monoisotopic (exact) mass is 266 g/mol. The van der Waals surface area contributed by atoms with E-state index in [1.165, 1.54) is 21.3 Å². The molecule has 1 aromatic rings. The molecular formula is C12H14N2O5. The van der Waals surface area contributed by atoms with Gasteiger partial charge in [0.2, 0.25) is 6.23 Å². The molecule has 0 fully saturated rings. The van der Waals surface area contributed by atoms with Crippen LogP contribution in [0.15, 0.2) is 12.1 Å². The van der Waals surface area contributed by atoms with Crippen molar-refractivity contribution in [2.24, 2.45) is 0 Å². The number of cyclic esters (lactones) is 1. The molecule has 0 spiro atoms. The van der Waals surface area contributed by atoms with E-state index in [0.29, 0.717) is 17.1 Å². The van der Waals surface area contributed by atoms with Crippen LogP contribution in [0.5, 0.6) is 11.5 Å². The summed E-state index contributed by atoms with van der Waals surface area (Å²) in [6, 6.07) is 2.86. The molecule has 0 bridgehead atoms. The fourth-order valence-electron chi connectivity index (χ4n) is 1.90. The average Bonchev–Trinajstić information content (AvgIpc) is 2.74. The van der Waals surface area contributed by atoms with E-state index in [9.17, 15) is 9.59 Å². The van der Waals surface area contributed by atoms with Crippen LogP contribution < -0.4 is 20.1 Å². The van der Waals surface area contributed by atoms with E-state index in [0.717, 1.165) is 0 Å². The Bertz CT molecular complexity index is 529. The van der Waals surface area contributed by atoms with E-state index >= 15 is 0 Å². The number of hydrogen-bond acceptors (Lipinski definition) is 5. The van der Waals surface area contributed by atoms with Gasteiger partial charge in [0.25, 0.3) is 0 Å². The first-order chi connectivity index (χ1) is 9.12. The molecule has 1 aliphatic heterocycles. The smallest absolute Gasteiger partial charge is 0.344 e. The van der Waals surface area contributed by atoms with Crippen LogP contribution in [0.4, 0.5) is 4.79 Å². The predicted octanol–water partition coefficient (Wildman–Crippen LogP) is 0.802. The molecule has 2 N–H and O–H groups in total. The zero-order valence-electron chi connectivity index (χ0n) is 10.8. The van der Waals surface area contributed by atoms with Crippen molar-refractivity contribution in [2.75, 3.05) is 21.3 Å². The van der Waals surface area contributed by atoms with E-state index in [4.69, 9.17) is 14.2 Å². The Labute approximate surface area is 109 Å². The highest BCUT2D eigenvalue weighted by Gasteiger charge is 2.36. The minimum atomic E-state index is -0.831. The fourth-order valence-corrected chi connectivity index (χ4v) is 1.90. The van der Waals surface area contributed by atoms with Crippen molar-refractivity contribution >= 4 is 12.0 Å². The van der Waals surface area contributed by atoms with Gasteiger partial charge in [0.1, 0.15) is 5.56 Å². The molecule has 0 saturated carbocycles. The Morgan fingerprint density at radius 2 is 2.05 bits per heavy atom. The topological polar surface area (TPSA) is 85.9 Å². The van der Waals surface area contributed by atoms with Crippen LogP contribution in [-0.4, -0.2) is 33.3 Å². The van der Waals surface area contributed by atoms with Crippen molar-refractivity contribution < 1.29 is 23.8 Å². The molecule has 0 aromatic heterocycles. The van der Waals surface area contributed by atoms with E-state index in [1.54, 1.807) is 12.1 Å². The van der Waals surface area contributed by atoms with Crippen molar-refractivity contribution in [1.82, 2.24) is 10.6 Å². The van der Waals surface area contributed by atoms with E-state index in [2.05, 4.69) is 10.6 Å². The van der Waals surface area contributed by atoms with Crippen molar-refractivity contribution in [2.45, 2.75) is 6.23 Å². The Kier molecular flexibility index (Phi) is 3.46. The second kappa shape index (κ2) is 5.05. The fraction of sp³-hybridized carbons (Fsp3) is 0.333. The second-order valence-corrected chi connectivity index (χ2v) is 3.77. The Morgan fingerprint density at radius 1 is 1.32 bits per heavy atom. The van der Waals surface area contributed by atoms with Crippen LogP contribution >= 0.6 is 0 Å². The zero-order valence-corrected chi connectivity index (χ0v) is 10.8. The van der Waals surface area contributed by atoms with Gasteiger partial charge in [-0.2, -0.15) is 0 Å². The third-order valence-electron chi connectivity index (χ3n) is 2.78. The van der Waals surface area contributed by atoms with Crippen molar-refractivity contribution in [3.63, 3.8) is 0 Å². The standard InChI is InChI=1S/C12H14N2O5/c1-13-12(16)14-10-6-4-5-7(17-2)9(18-3)8(6)11(15)19-10/h4-5,10H,1-3H3,(H2,13,14,16)/t10-/m1/s1. The molecule has 1 atom stereocenters. The number of nitrogens with one attached hydrogen (secondary N) is 2. The molecule has 0 saturated heterocycles. The van der Waals surface area contributed by atoms with Gasteiger partial charge in [-0.05, 0) is 12.1 Å². The average molecular weight is 266 g/mol. The molecule has 0 unspecified atom stereocenters. The van der Waals surface area contributed by atoms with Crippen LogP contribution in [0.1, 0.15) is 22.1 Å². The zero-order chi connectivity index (χ0) is 14.0. The maximum atomic E-state index is 11.9. The lowest BCUT2D eigenvalue weighted by molar-refractivity contribution is 0.0336. The summed E-state index contributed by atoms with van der Waals surface area (Å²) < 4.78 is 15.4. The molecule has 102 valence electrons. The number of esters is 1. The molecule has 1 aliphatic rings. The van der Waals surface area contributed by atoms with Gasteiger partial charge in [-0.3, -0.25) is 5.32 Å². The van der Waals surface area contributed by atoms with E-state index in [1.807, 2.05) is 0 Å². The van der Waals surface area contributed by atoms with Crippen molar-refractivity contribution in [3.05, 3.63) is 23.3 Å². The van der Waals surface area contributed by atoms with E-state index in [-0.39, 0.29) is 5.56 Å². The van der Waals surface area contributed by atoms with Gasteiger partial charge in [0.15, 0.2) is 11.5 Å². The minimum absolute atomic E-state index is 0.267. The third-order valence-corrected chi connectivity index (χ3v) is 2.78. The number of urea groups is 1. The molecule has 7 nitrogen and oxygen atoms in total. The Hall–Kier alpha value is -2.44. The summed E-state index contributed by atoms with van der Waals surface area (Å²) >= 11 is 0. The molecule has 0 radical (unpaired) electrons. The highest BCUT2D eigenvalue weighted by Crippen LogP contribution is 2.40. The van der Waals surface area contributed by atoms with Crippen LogP contribution in [0.2, 0.25) is 0 Å². The Morgan fingerprint density at radius 3 is 2.63 bits per heavy atom. The normalized spacial score (nSPS) is 16.4. The van der Waals surface area contributed by atoms with Gasteiger partial charge in [-0.1, -0.05) is 0 Å². The number of rotatable bonds is 3. The SMILES string of the molecule is CNC(=O)N[C@@H]1OC(=O)c2c1ccc(OC)c2OC. The van der Waals surface area contributed by atoms with Gasteiger partial charge in [-0.25, -0.2) is 9.59 Å². The molecule has 2 rings (SSSR count). The number of carbonyl (C=O) groups is 2. The highest BCUT2D eigenvalue weighted by atomic mass is 16.6. The summed E-state index contributed by atoms with van der Waals surface area (Å²) in [5.74, 6) is 0.164. The van der Waals surface area contributed by atoms with Gasteiger partial charge >= 0.3 is 12.0 Å². The number of methoxy groups -OCH3 is 2. The lowest BCUT2D eigenvalue weighted by Crippen LogP contribution is -2.35. The summed E-state index contributed by atoms with van der Waals surface area (Å²) in [5, 5.41) is 4.91. The summed E-state index contributed by atoms with van der Waals surface area (Å²) in [6.45, 7) is 0. The molecular weight excluding hydrogens is 252 g/mol. The molecule has 19 heavy (non-hydrogen) atoms. The van der Waals surface area contributed by atoms with Crippen LogP contribution in [0, 0.1) is 0 Å². The predicted molar refractivity (Wildman–Crippen MR) is 65.3 cm³/mol.